The van der Waals surface area contributed by atoms with E-state index in [4.69, 9.17) is 34.8 Å². The van der Waals surface area contributed by atoms with Gasteiger partial charge in [0.1, 0.15) is 0 Å². The van der Waals surface area contributed by atoms with E-state index in [1.54, 1.807) is 0 Å². The van der Waals surface area contributed by atoms with Gasteiger partial charge < -0.3 is 0 Å². The van der Waals surface area contributed by atoms with Crippen LogP contribution in [0.25, 0.3) is 0 Å². The van der Waals surface area contributed by atoms with E-state index < -0.39 is 5.31 Å². The van der Waals surface area contributed by atoms with Gasteiger partial charge in [-0.05, 0) is 0 Å². The molecule has 0 unspecified atom stereocenters. The second kappa shape index (κ2) is 7.80. The summed E-state index contributed by atoms with van der Waals surface area (Å²) >= 11 is 22.6. The van der Waals surface area contributed by atoms with E-state index in [0.717, 1.165) is 15.9 Å². The fourth-order valence-electron chi connectivity index (χ4n) is 3.28. The average molecular weight is 491 g/mol. The van der Waals surface area contributed by atoms with Crippen molar-refractivity contribution >= 4 is 71.5 Å². The SMILES string of the molecule is OCCP(Br)(c1ccc(Cl)cc1)(c1ccc(Cl)cc1)c1ccc(Cl)cc1. The molecule has 0 amide bonds. The maximum absolute atomic E-state index is 10.0. The summed E-state index contributed by atoms with van der Waals surface area (Å²) in [5, 5.41) is 12.2. The van der Waals surface area contributed by atoms with Gasteiger partial charge in [0, 0.05) is 0 Å². The number of aliphatic hydroxyl groups excluding tert-OH is 1. The molecule has 0 spiro atoms. The van der Waals surface area contributed by atoms with Crippen LogP contribution >= 0.6 is 55.6 Å². The molecule has 3 aromatic carbocycles. The van der Waals surface area contributed by atoms with E-state index in [-0.39, 0.29) is 6.61 Å². The van der Waals surface area contributed by atoms with Crippen LogP contribution in [-0.4, -0.2) is 17.9 Å². The zero-order valence-electron chi connectivity index (χ0n) is 13.7. The molecule has 0 saturated carbocycles. The molecular weight excluding hydrogens is 473 g/mol. The predicted molar refractivity (Wildman–Crippen MR) is 121 cm³/mol. The summed E-state index contributed by atoms with van der Waals surface area (Å²) in [7, 11) is 0. The van der Waals surface area contributed by atoms with Crippen LogP contribution in [0.4, 0.5) is 0 Å². The van der Waals surface area contributed by atoms with E-state index in [9.17, 15) is 5.11 Å². The standard InChI is InChI=1S/C20H17BrCl3OP/c21-26(14-13-25,18-7-1-15(22)2-8-18,19-9-3-16(23)4-10-19)20-11-5-17(24)6-12-20/h1-12,25H,13-14H2. The van der Waals surface area contributed by atoms with Crippen molar-refractivity contribution < 1.29 is 5.11 Å². The Bertz CT molecular complexity index is 782. The van der Waals surface area contributed by atoms with Crippen molar-refractivity contribution in [1.82, 2.24) is 0 Å². The summed E-state index contributed by atoms with van der Waals surface area (Å²) in [5.74, 6) is 0. The Morgan fingerprint density at radius 2 is 0.885 bits per heavy atom. The fourth-order valence-corrected chi connectivity index (χ4v) is 10.6. The molecule has 0 radical (unpaired) electrons. The first-order valence-electron chi connectivity index (χ1n) is 8.00. The summed E-state index contributed by atoms with van der Waals surface area (Å²) in [6, 6.07) is 23.4. The molecule has 0 saturated heterocycles. The molecule has 3 aromatic rings. The Labute approximate surface area is 176 Å². The second-order valence-electron chi connectivity index (χ2n) is 6.06. The molecule has 0 fully saturated rings. The first kappa shape index (κ1) is 20.1. The molecule has 0 heterocycles. The Morgan fingerprint density at radius 3 is 1.12 bits per heavy atom. The third-order valence-corrected chi connectivity index (χ3v) is 15.3. The van der Waals surface area contributed by atoms with E-state index in [2.05, 4.69) is 15.5 Å². The predicted octanol–water partition coefficient (Wildman–Crippen LogP) is 5.78. The summed E-state index contributed by atoms with van der Waals surface area (Å²) in [4.78, 5) is 0. The van der Waals surface area contributed by atoms with Crippen molar-refractivity contribution in [1.29, 1.82) is 0 Å². The molecule has 0 aliphatic heterocycles. The van der Waals surface area contributed by atoms with Gasteiger partial charge in [0.2, 0.25) is 0 Å². The third-order valence-electron chi connectivity index (χ3n) is 4.61. The van der Waals surface area contributed by atoms with Gasteiger partial charge in [0.15, 0.2) is 0 Å². The van der Waals surface area contributed by atoms with Gasteiger partial charge in [0.05, 0.1) is 0 Å². The summed E-state index contributed by atoms with van der Waals surface area (Å²) < 4.78 is 0. The number of rotatable bonds is 5. The van der Waals surface area contributed by atoms with Crippen LogP contribution < -0.4 is 15.9 Å². The van der Waals surface area contributed by atoms with Crippen molar-refractivity contribution in [2.45, 2.75) is 0 Å². The van der Waals surface area contributed by atoms with Crippen LogP contribution in [0, 0.1) is 0 Å². The zero-order valence-corrected chi connectivity index (χ0v) is 18.5. The van der Waals surface area contributed by atoms with Gasteiger partial charge in [0.25, 0.3) is 0 Å². The van der Waals surface area contributed by atoms with E-state index in [1.807, 2.05) is 72.8 Å². The molecule has 6 heteroatoms. The Hall–Kier alpha value is -0.600. The molecule has 0 aromatic heterocycles. The number of halogens is 4. The van der Waals surface area contributed by atoms with Crippen molar-refractivity contribution in [3.63, 3.8) is 0 Å². The molecule has 0 atom stereocenters. The van der Waals surface area contributed by atoms with Gasteiger partial charge >= 0.3 is 177 Å². The van der Waals surface area contributed by atoms with Gasteiger partial charge in [-0.1, -0.05) is 0 Å². The number of benzene rings is 3. The van der Waals surface area contributed by atoms with Crippen LogP contribution in [0.1, 0.15) is 0 Å². The molecule has 1 N–H and O–H groups in total. The summed E-state index contributed by atoms with van der Waals surface area (Å²) in [6.07, 6.45) is 0.538. The number of hydrogen-bond acceptors (Lipinski definition) is 1. The number of aliphatic hydroxyl groups is 1. The first-order valence-corrected chi connectivity index (χ1v) is 13.6. The Morgan fingerprint density at radius 1 is 0.615 bits per heavy atom. The zero-order chi connectivity index (χ0) is 18.8. The van der Waals surface area contributed by atoms with Crippen molar-refractivity contribution in [3.05, 3.63) is 87.9 Å². The van der Waals surface area contributed by atoms with Crippen molar-refractivity contribution in [2.24, 2.45) is 0 Å². The third kappa shape index (κ3) is 3.44. The summed E-state index contributed by atoms with van der Waals surface area (Å²) in [5.41, 5.74) is 0. The van der Waals surface area contributed by atoms with Crippen molar-refractivity contribution in [2.75, 3.05) is 12.8 Å². The van der Waals surface area contributed by atoms with Gasteiger partial charge in [-0.3, -0.25) is 0 Å². The molecule has 0 aliphatic carbocycles. The maximum atomic E-state index is 10.0. The molecule has 3 rings (SSSR count). The Kier molecular flexibility index (Phi) is 6.04. The Balaban J connectivity index is 2.40. The molecule has 0 aliphatic rings. The van der Waals surface area contributed by atoms with Gasteiger partial charge in [-0.25, -0.2) is 0 Å². The minimum atomic E-state index is -3.12. The fraction of sp³-hybridized carbons (Fsp3) is 0.100. The first-order chi connectivity index (χ1) is 12.4. The van der Waals surface area contributed by atoms with Crippen LogP contribution in [0.3, 0.4) is 0 Å². The normalized spacial score (nSPS) is 13.2. The monoisotopic (exact) mass is 488 g/mol. The average Bonchev–Trinajstić information content (AvgIpc) is 2.63. The minimum absolute atomic E-state index is 0.0248. The molecule has 26 heavy (non-hydrogen) atoms. The van der Waals surface area contributed by atoms with Crippen LogP contribution in [0.2, 0.25) is 15.1 Å². The van der Waals surface area contributed by atoms with Crippen LogP contribution in [0.15, 0.2) is 72.8 Å². The van der Waals surface area contributed by atoms with E-state index >= 15 is 0 Å². The van der Waals surface area contributed by atoms with E-state index in [0.29, 0.717) is 21.2 Å². The molecule has 1 nitrogen and oxygen atoms in total. The second-order valence-corrected chi connectivity index (χ2v) is 16.4. The molecule has 0 bridgehead atoms. The van der Waals surface area contributed by atoms with Crippen LogP contribution in [0.5, 0.6) is 0 Å². The van der Waals surface area contributed by atoms with E-state index in [1.165, 1.54) is 0 Å². The molecule has 136 valence electrons. The summed E-state index contributed by atoms with van der Waals surface area (Å²) in [6.45, 7) is 0.0248. The van der Waals surface area contributed by atoms with Crippen LogP contribution in [-0.2, 0) is 0 Å². The van der Waals surface area contributed by atoms with Crippen molar-refractivity contribution in [3.8, 4) is 0 Å². The van der Waals surface area contributed by atoms with Gasteiger partial charge in [-0.2, -0.15) is 0 Å². The quantitative estimate of drug-likeness (QED) is 0.450. The number of hydrogen-bond donors (Lipinski definition) is 1. The van der Waals surface area contributed by atoms with Gasteiger partial charge in [-0.15, -0.1) is 0 Å². The molecular formula is C20H17BrCl3OP. The topological polar surface area (TPSA) is 20.2 Å².